The van der Waals surface area contributed by atoms with Crippen molar-refractivity contribution in [1.82, 2.24) is 4.90 Å². The van der Waals surface area contributed by atoms with E-state index in [4.69, 9.17) is 0 Å². The lowest BCUT2D eigenvalue weighted by Crippen LogP contribution is -2.55. The van der Waals surface area contributed by atoms with E-state index in [9.17, 15) is 9.00 Å². The standard InChI is InChI=1S/C22H26BrNO2S/c23-20-13-11-18(12-14-20)8-4-1-2-7-15-24-21(25)16-22(24)27(26)17-19-9-5-3-6-10-19/h3,5-6,9-14,22H,1-2,4,7-8,15-17H2. The molecule has 1 saturated heterocycles. The van der Waals surface area contributed by atoms with Crippen molar-refractivity contribution in [3.05, 3.63) is 70.2 Å². The summed E-state index contributed by atoms with van der Waals surface area (Å²) >= 11 is 3.46. The van der Waals surface area contributed by atoms with Crippen molar-refractivity contribution in [3.63, 3.8) is 0 Å². The van der Waals surface area contributed by atoms with E-state index in [1.54, 1.807) is 0 Å². The number of unbranched alkanes of at least 4 members (excludes halogenated alkanes) is 3. The SMILES string of the molecule is O=C1CC(S(=O)Cc2ccccc2)N1CCCCCCc1ccc(Br)cc1. The van der Waals surface area contributed by atoms with E-state index in [0.29, 0.717) is 12.2 Å². The molecule has 2 aromatic carbocycles. The third kappa shape index (κ3) is 6.01. The van der Waals surface area contributed by atoms with Gasteiger partial charge in [-0.3, -0.25) is 9.00 Å². The van der Waals surface area contributed by atoms with Crippen LogP contribution in [0.15, 0.2) is 59.1 Å². The average Bonchev–Trinajstić information content (AvgIpc) is 2.67. The third-order valence-corrected chi connectivity index (χ3v) is 7.17. The summed E-state index contributed by atoms with van der Waals surface area (Å²) in [5.74, 6) is 0.680. The van der Waals surface area contributed by atoms with Gasteiger partial charge in [-0.15, -0.1) is 0 Å². The maximum absolute atomic E-state index is 12.6. The number of benzene rings is 2. The molecule has 2 aromatic rings. The zero-order chi connectivity index (χ0) is 19.1. The van der Waals surface area contributed by atoms with E-state index in [-0.39, 0.29) is 11.3 Å². The number of halogens is 1. The molecule has 0 aliphatic carbocycles. The molecule has 1 amide bonds. The van der Waals surface area contributed by atoms with Crippen LogP contribution in [0.4, 0.5) is 0 Å². The monoisotopic (exact) mass is 447 g/mol. The van der Waals surface area contributed by atoms with Gasteiger partial charge >= 0.3 is 0 Å². The van der Waals surface area contributed by atoms with E-state index < -0.39 is 10.8 Å². The molecular weight excluding hydrogens is 422 g/mol. The Morgan fingerprint density at radius 1 is 0.926 bits per heavy atom. The predicted octanol–water partition coefficient (Wildman–Crippen LogP) is 5.06. The third-order valence-electron chi connectivity index (χ3n) is 5.00. The molecule has 3 nitrogen and oxygen atoms in total. The van der Waals surface area contributed by atoms with Gasteiger partial charge in [-0.1, -0.05) is 71.2 Å². The Kier molecular flexibility index (Phi) is 7.65. The summed E-state index contributed by atoms with van der Waals surface area (Å²) in [6.45, 7) is 0.738. The number of hydrogen-bond acceptors (Lipinski definition) is 2. The van der Waals surface area contributed by atoms with E-state index in [0.717, 1.165) is 42.3 Å². The maximum Gasteiger partial charge on any atom is 0.226 e. The van der Waals surface area contributed by atoms with Gasteiger partial charge in [0.2, 0.25) is 5.91 Å². The van der Waals surface area contributed by atoms with Crippen LogP contribution in [0.3, 0.4) is 0 Å². The Morgan fingerprint density at radius 2 is 1.63 bits per heavy atom. The summed E-state index contributed by atoms with van der Waals surface area (Å²) in [5.41, 5.74) is 2.44. The molecule has 0 bridgehead atoms. The largest absolute Gasteiger partial charge is 0.328 e. The smallest absolute Gasteiger partial charge is 0.226 e. The van der Waals surface area contributed by atoms with Gasteiger partial charge < -0.3 is 4.90 Å². The number of carbonyl (C=O) groups is 1. The lowest BCUT2D eigenvalue weighted by atomic mass is 10.1. The molecule has 0 aromatic heterocycles. The normalized spacial score (nSPS) is 17.6. The second-order valence-electron chi connectivity index (χ2n) is 7.05. The molecule has 1 fully saturated rings. The highest BCUT2D eigenvalue weighted by Crippen LogP contribution is 2.25. The topological polar surface area (TPSA) is 37.4 Å². The second-order valence-corrected chi connectivity index (χ2v) is 9.56. The van der Waals surface area contributed by atoms with Crippen molar-refractivity contribution in [3.8, 4) is 0 Å². The molecule has 1 heterocycles. The number of nitrogens with zero attached hydrogens (tertiary/aromatic N) is 1. The molecule has 0 spiro atoms. The van der Waals surface area contributed by atoms with Crippen molar-refractivity contribution in [2.24, 2.45) is 0 Å². The van der Waals surface area contributed by atoms with Gasteiger partial charge in [0, 0.05) is 21.8 Å². The fourth-order valence-corrected chi connectivity index (χ4v) is 5.19. The van der Waals surface area contributed by atoms with Crippen molar-refractivity contribution >= 4 is 32.6 Å². The number of rotatable bonds is 10. The molecule has 0 radical (unpaired) electrons. The minimum Gasteiger partial charge on any atom is -0.328 e. The first kappa shape index (κ1) is 20.3. The second kappa shape index (κ2) is 10.2. The van der Waals surface area contributed by atoms with Gasteiger partial charge in [-0.05, 0) is 42.5 Å². The van der Waals surface area contributed by atoms with Crippen LogP contribution in [-0.2, 0) is 27.8 Å². The molecule has 3 rings (SSSR count). The number of aryl methyl sites for hydroxylation is 1. The summed E-state index contributed by atoms with van der Waals surface area (Å²) in [6.07, 6.45) is 5.96. The van der Waals surface area contributed by atoms with Gasteiger partial charge in [0.25, 0.3) is 0 Å². The first-order chi connectivity index (χ1) is 13.1. The first-order valence-corrected chi connectivity index (χ1v) is 11.8. The fraction of sp³-hybridized carbons (Fsp3) is 0.409. The van der Waals surface area contributed by atoms with Crippen LogP contribution in [0.25, 0.3) is 0 Å². The molecule has 1 aliphatic heterocycles. The minimum atomic E-state index is -1.01. The van der Waals surface area contributed by atoms with E-state index in [1.165, 1.54) is 12.0 Å². The zero-order valence-corrected chi connectivity index (χ0v) is 17.9. The molecule has 0 saturated carbocycles. The van der Waals surface area contributed by atoms with Gasteiger partial charge in [0.05, 0.1) is 12.2 Å². The predicted molar refractivity (Wildman–Crippen MR) is 115 cm³/mol. The number of likely N-dealkylation sites (tertiary alicyclic amines) is 1. The van der Waals surface area contributed by atoms with Crippen LogP contribution in [0.2, 0.25) is 0 Å². The maximum atomic E-state index is 12.6. The lowest BCUT2D eigenvalue weighted by Gasteiger charge is -2.39. The zero-order valence-electron chi connectivity index (χ0n) is 15.5. The Bertz CT molecular complexity index is 764. The molecule has 1 aliphatic rings. The number of hydrogen-bond donors (Lipinski definition) is 0. The quantitative estimate of drug-likeness (QED) is 0.377. The molecule has 5 heteroatoms. The Balaban J connectivity index is 1.34. The molecule has 27 heavy (non-hydrogen) atoms. The van der Waals surface area contributed by atoms with Crippen molar-refractivity contribution in [2.45, 2.75) is 49.7 Å². The van der Waals surface area contributed by atoms with Crippen LogP contribution in [-0.4, -0.2) is 26.9 Å². The van der Waals surface area contributed by atoms with Gasteiger partial charge in [-0.2, -0.15) is 0 Å². The van der Waals surface area contributed by atoms with Crippen molar-refractivity contribution in [2.75, 3.05) is 6.54 Å². The highest BCUT2D eigenvalue weighted by Gasteiger charge is 2.39. The highest BCUT2D eigenvalue weighted by atomic mass is 79.9. The Morgan fingerprint density at radius 3 is 2.33 bits per heavy atom. The van der Waals surface area contributed by atoms with E-state index in [1.807, 2.05) is 35.2 Å². The first-order valence-electron chi connectivity index (χ1n) is 9.58. The van der Waals surface area contributed by atoms with Crippen LogP contribution < -0.4 is 0 Å². The average molecular weight is 448 g/mol. The van der Waals surface area contributed by atoms with E-state index >= 15 is 0 Å². The summed E-state index contributed by atoms with van der Waals surface area (Å²) in [7, 11) is -1.01. The summed E-state index contributed by atoms with van der Waals surface area (Å²) in [6, 6.07) is 18.4. The molecule has 144 valence electrons. The van der Waals surface area contributed by atoms with Crippen LogP contribution in [0, 0.1) is 0 Å². The Hall–Kier alpha value is -1.46. The minimum absolute atomic E-state index is 0.0968. The number of β-lactam (4-membered cyclic amide) rings is 1. The lowest BCUT2D eigenvalue weighted by molar-refractivity contribution is -0.141. The summed E-state index contributed by atoms with van der Waals surface area (Å²) in [5, 5.41) is -0.0968. The van der Waals surface area contributed by atoms with Gasteiger partial charge in [0.1, 0.15) is 5.37 Å². The number of carbonyl (C=O) groups excluding carboxylic acids is 1. The van der Waals surface area contributed by atoms with Crippen molar-refractivity contribution in [1.29, 1.82) is 0 Å². The summed E-state index contributed by atoms with van der Waals surface area (Å²) < 4.78 is 13.7. The van der Waals surface area contributed by atoms with Gasteiger partial charge in [-0.25, -0.2) is 0 Å². The van der Waals surface area contributed by atoms with Crippen LogP contribution in [0.1, 0.15) is 43.2 Å². The van der Waals surface area contributed by atoms with Crippen LogP contribution >= 0.6 is 15.9 Å². The van der Waals surface area contributed by atoms with Crippen molar-refractivity contribution < 1.29 is 9.00 Å². The van der Waals surface area contributed by atoms with Crippen LogP contribution in [0.5, 0.6) is 0 Å². The highest BCUT2D eigenvalue weighted by molar-refractivity contribution is 9.10. The fourth-order valence-electron chi connectivity index (χ4n) is 3.38. The summed E-state index contributed by atoms with van der Waals surface area (Å²) in [4.78, 5) is 13.7. The Labute approximate surface area is 172 Å². The molecular formula is C22H26BrNO2S. The molecule has 0 N–H and O–H groups in total. The van der Waals surface area contributed by atoms with Gasteiger partial charge in [0.15, 0.2) is 0 Å². The number of amides is 1. The molecule has 2 unspecified atom stereocenters. The molecule has 2 atom stereocenters. The van der Waals surface area contributed by atoms with E-state index in [2.05, 4.69) is 40.2 Å².